The summed E-state index contributed by atoms with van der Waals surface area (Å²) in [7, 11) is 1.98. The number of thiophene rings is 1. The molecule has 2 aromatic heterocycles. The van der Waals surface area contributed by atoms with Gasteiger partial charge >= 0.3 is 0 Å². The van der Waals surface area contributed by atoms with Crippen molar-refractivity contribution < 1.29 is 0 Å². The molecule has 1 N–H and O–H groups in total. The van der Waals surface area contributed by atoms with Crippen LogP contribution < -0.4 is 5.32 Å². The summed E-state index contributed by atoms with van der Waals surface area (Å²) in [6, 6.07) is 4.29. The molecular formula is C13H18BrN3S. The van der Waals surface area contributed by atoms with Crippen molar-refractivity contribution in [1.29, 1.82) is 0 Å². The first kappa shape index (κ1) is 13.8. The van der Waals surface area contributed by atoms with Gasteiger partial charge in [-0.25, -0.2) is 0 Å². The summed E-state index contributed by atoms with van der Waals surface area (Å²) in [5.74, 6) is 0. The summed E-state index contributed by atoms with van der Waals surface area (Å²) in [5, 5.41) is 7.93. The molecule has 2 rings (SSSR count). The van der Waals surface area contributed by atoms with Crippen LogP contribution in [0.15, 0.2) is 22.1 Å². The lowest BCUT2D eigenvalue weighted by molar-refractivity contribution is 0.686. The van der Waals surface area contributed by atoms with Crippen LogP contribution in [-0.4, -0.2) is 16.3 Å². The van der Waals surface area contributed by atoms with E-state index in [1.807, 2.05) is 11.7 Å². The van der Waals surface area contributed by atoms with Gasteiger partial charge in [0.2, 0.25) is 0 Å². The van der Waals surface area contributed by atoms with E-state index in [2.05, 4.69) is 51.6 Å². The topological polar surface area (TPSA) is 29.9 Å². The van der Waals surface area contributed by atoms with Gasteiger partial charge in [0.1, 0.15) is 0 Å². The molecule has 0 unspecified atom stereocenters. The molecule has 2 heterocycles. The van der Waals surface area contributed by atoms with Crippen LogP contribution in [0, 0.1) is 0 Å². The van der Waals surface area contributed by atoms with Gasteiger partial charge in [0.25, 0.3) is 0 Å². The average molecular weight is 328 g/mol. The van der Waals surface area contributed by atoms with Crippen LogP contribution in [0.2, 0.25) is 0 Å². The second kappa shape index (κ2) is 6.50. The van der Waals surface area contributed by atoms with Crippen LogP contribution in [0.4, 0.5) is 0 Å². The third-order valence-electron chi connectivity index (χ3n) is 2.82. The highest BCUT2D eigenvalue weighted by molar-refractivity contribution is 9.11. The molecule has 0 aliphatic heterocycles. The van der Waals surface area contributed by atoms with Crippen molar-refractivity contribution in [3.05, 3.63) is 38.3 Å². The number of nitrogens with one attached hydrogen (secondary N) is 1. The van der Waals surface area contributed by atoms with Gasteiger partial charge in [0.15, 0.2) is 0 Å². The van der Waals surface area contributed by atoms with Gasteiger partial charge < -0.3 is 5.32 Å². The number of halogens is 1. The highest BCUT2D eigenvalue weighted by Crippen LogP contribution is 2.22. The zero-order chi connectivity index (χ0) is 13.0. The van der Waals surface area contributed by atoms with E-state index in [-0.39, 0.29) is 0 Å². The lowest BCUT2D eigenvalue weighted by atomic mass is 10.2. The maximum atomic E-state index is 4.44. The largest absolute Gasteiger partial charge is 0.312 e. The average Bonchev–Trinajstić information content (AvgIpc) is 2.91. The molecule has 0 radical (unpaired) electrons. The summed E-state index contributed by atoms with van der Waals surface area (Å²) in [5.41, 5.74) is 2.51. The lowest BCUT2D eigenvalue weighted by Crippen LogP contribution is -2.16. The molecule has 2 aromatic rings. The quantitative estimate of drug-likeness (QED) is 0.826. The van der Waals surface area contributed by atoms with Gasteiger partial charge in [-0.1, -0.05) is 6.92 Å². The SMILES string of the molecule is CCc1nn(C)cc1CNCCc1ccc(Br)s1. The summed E-state index contributed by atoms with van der Waals surface area (Å²) in [6.45, 7) is 4.06. The number of aryl methyl sites for hydroxylation is 2. The fourth-order valence-corrected chi connectivity index (χ4v) is 3.43. The number of rotatable bonds is 6. The molecule has 0 saturated carbocycles. The third kappa shape index (κ3) is 3.67. The minimum Gasteiger partial charge on any atom is -0.312 e. The Kier molecular flexibility index (Phi) is 4.97. The Hall–Kier alpha value is -0.650. The van der Waals surface area contributed by atoms with E-state index in [1.54, 1.807) is 11.3 Å². The molecule has 0 aliphatic carbocycles. The van der Waals surface area contributed by atoms with E-state index in [0.717, 1.165) is 25.9 Å². The van der Waals surface area contributed by atoms with Crippen LogP contribution in [0.25, 0.3) is 0 Å². The number of aromatic nitrogens is 2. The maximum absolute atomic E-state index is 4.44. The number of hydrogen-bond donors (Lipinski definition) is 1. The zero-order valence-corrected chi connectivity index (χ0v) is 13.1. The molecule has 3 nitrogen and oxygen atoms in total. The van der Waals surface area contributed by atoms with Crippen LogP contribution >= 0.6 is 27.3 Å². The fourth-order valence-electron chi connectivity index (χ4n) is 1.95. The Labute approximate surface area is 120 Å². The molecule has 0 aliphatic rings. The van der Waals surface area contributed by atoms with Crippen molar-refractivity contribution in [2.45, 2.75) is 26.3 Å². The Morgan fingerprint density at radius 2 is 2.28 bits per heavy atom. The first-order chi connectivity index (χ1) is 8.69. The van der Waals surface area contributed by atoms with E-state index in [0.29, 0.717) is 0 Å². The molecule has 5 heteroatoms. The summed E-state index contributed by atoms with van der Waals surface area (Å²) in [4.78, 5) is 1.41. The molecule has 0 spiro atoms. The van der Waals surface area contributed by atoms with Crippen LogP contribution in [0.3, 0.4) is 0 Å². The third-order valence-corrected chi connectivity index (χ3v) is 4.50. The molecule has 0 saturated heterocycles. The lowest BCUT2D eigenvalue weighted by Gasteiger charge is -2.03. The Morgan fingerprint density at radius 3 is 2.94 bits per heavy atom. The van der Waals surface area contributed by atoms with Gasteiger partial charge in [-0.15, -0.1) is 11.3 Å². The van der Waals surface area contributed by atoms with E-state index in [4.69, 9.17) is 0 Å². The minimum absolute atomic E-state index is 0.906. The summed E-state index contributed by atoms with van der Waals surface area (Å²) < 4.78 is 3.10. The smallest absolute Gasteiger partial charge is 0.0701 e. The normalized spacial score (nSPS) is 11.1. The molecule has 18 heavy (non-hydrogen) atoms. The standard InChI is InChI=1S/C13H18BrN3S/c1-3-12-10(9-17(2)16-12)8-15-7-6-11-4-5-13(14)18-11/h4-5,9,15H,3,6-8H2,1-2H3. The van der Waals surface area contributed by atoms with Crippen LogP contribution in [0.1, 0.15) is 23.1 Å². The number of nitrogens with zero attached hydrogens (tertiary/aromatic N) is 2. The monoisotopic (exact) mass is 327 g/mol. The van der Waals surface area contributed by atoms with E-state index in [9.17, 15) is 0 Å². The molecule has 0 aromatic carbocycles. The molecule has 0 atom stereocenters. The van der Waals surface area contributed by atoms with Crippen LogP contribution in [-0.2, 0) is 26.4 Å². The van der Waals surface area contributed by atoms with Gasteiger partial charge in [0, 0.05) is 36.8 Å². The first-order valence-electron chi connectivity index (χ1n) is 6.15. The summed E-state index contributed by atoms with van der Waals surface area (Å²) >= 11 is 5.29. The van der Waals surface area contributed by atoms with Crippen molar-refractivity contribution in [2.75, 3.05) is 6.54 Å². The van der Waals surface area contributed by atoms with Crippen molar-refractivity contribution in [1.82, 2.24) is 15.1 Å². The second-order valence-corrected chi connectivity index (χ2v) is 6.81. The molecule has 0 fully saturated rings. The molecule has 98 valence electrons. The van der Waals surface area contributed by atoms with Gasteiger partial charge in [-0.3, -0.25) is 4.68 Å². The number of hydrogen-bond acceptors (Lipinski definition) is 3. The van der Waals surface area contributed by atoms with Gasteiger partial charge in [-0.2, -0.15) is 5.10 Å². The molecular weight excluding hydrogens is 310 g/mol. The summed E-state index contributed by atoms with van der Waals surface area (Å²) in [6.07, 6.45) is 4.18. The van der Waals surface area contributed by atoms with E-state index < -0.39 is 0 Å². The predicted octanol–water partition coefficient (Wildman–Crippen LogP) is 3.14. The van der Waals surface area contributed by atoms with Crippen molar-refractivity contribution in [3.8, 4) is 0 Å². The highest BCUT2D eigenvalue weighted by Gasteiger charge is 2.05. The maximum Gasteiger partial charge on any atom is 0.0701 e. The second-order valence-electron chi connectivity index (χ2n) is 4.26. The van der Waals surface area contributed by atoms with Crippen molar-refractivity contribution in [3.63, 3.8) is 0 Å². The van der Waals surface area contributed by atoms with Crippen molar-refractivity contribution >= 4 is 27.3 Å². The Bertz CT molecular complexity index is 504. The zero-order valence-electron chi connectivity index (χ0n) is 10.7. The fraction of sp³-hybridized carbons (Fsp3) is 0.462. The highest BCUT2D eigenvalue weighted by atomic mass is 79.9. The first-order valence-corrected chi connectivity index (χ1v) is 7.76. The van der Waals surface area contributed by atoms with Gasteiger partial charge in [-0.05, 0) is 40.9 Å². The molecule has 0 amide bonds. The van der Waals surface area contributed by atoms with Crippen molar-refractivity contribution in [2.24, 2.45) is 7.05 Å². The molecule has 0 bridgehead atoms. The minimum atomic E-state index is 0.906. The Balaban J connectivity index is 1.78. The predicted molar refractivity (Wildman–Crippen MR) is 80.0 cm³/mol. The Morgan fingerprint density at radius 1 is 1.44 bits per heavy atom. The van der Waals surface area contributed by atoms with Gasteiger partial charge in [0.05, 0.1) is 9.48 Å². The van der Waals surface area contributed by atoms with Crippen LogP contribution in [0.5, 0.6) is 0 Å². The van der Waals surface area contributed by atoms with E-state index >= 15 is 0 Å². The van der Waals surface area contributed by atoms with E-state index in [1.165, 1.54) is 19.9 Å².